The molecule has 1 aliphatic rings. The Morgan fingerprint density at radius 2 is 1.91 bits per heavy atom. The van der Waals surface area contributed by atoms with Crippen molar-refractivity contribution in [2.45, 2.75) is 18.2 Å². The molecule has 1 aromatic carbocycles. The molecule has 0 bridgehead atoms. The third-order valence-electron chi connectivity index (χ3n) is 5.95. The van der Waals surface area contributed by atoms with Gasteiger partial charge in [0.2, 0.25) is 5.91 Å². The SMILES string of the molecule is COc1cc(SC)ccc1CCNc1cc(-c2ccc(N3CCN(C(C)=O)CC3)nc2)ncn1. The number of benzene rings is 1. The van der Waals surface area contributed by atoms with Crippen molar-refractivity contribution in [2.24, 2.45) is 0 Å². The zero-order valence-corrected chi connectivity index (χ0v) is 20.6. The largest absolute Gasteiger partial charge is 0.496 e. The first-order valence-corrected chi connectivity index (χ1v) is 12.5. The van der Waals surface area contributed by atoms with Crippen molar-refractivity contribution in [3.63, 3.8) is 0 Å². The Morgan fingerprint density at radius 3 is 2.59 bits per heavy atom. The van der Waals surface area contributed by atoms with Crippen LogP contribution in [0.1, 0.15) is 12.5 Å². The molecule has 9 heteroatoms. The molecule has 1 fully saturated rings. The lowest BCUT2D eigenvalue weighted by molar-refractivity contribution is -0.129. The van der Waals surface area contributed by atoms with Gasteiger partial charge in [0.25, 0.3) is 0 Å². The molecule has 1 aliphatic heterocycles. The molecule has 0 saturated carbocycles. The summed E-state index contributed by atoms with van der Waals surface area (Å²) in [6, 6.07) is 12.3. The molecule has 178 valence electrons. The molecule has 3 heterocycles. The highest BCUT2D eigenvalue weighted by atomic mass is 32.2. The molecule has 34 heavy (non-hydrogen) atoms. The number of carbonyl (C=O) groups is 1. The van der Waals surface area contributed by atoms with Gasteiger partial charge >= 0.3 is 0 Å². The lowest BCUT2D eigenvalue weighted by Gasteiger charge is -2.34. The predicted molar refractivity (Wildman–Crippen MR) is 137 cm³/mol. The fraction of sp³-hybridized carbons (Fsp3) is 0.360. The van der Waals surface area contributed by atoms with Gasteiger partial charge in [-0.25, -0.2) is 15.0 Å². The minimum atomic E-state index is 0.128. The van der Waals surface area contributed by atoms with Crippen molar-refractivity contribution in [2.75, 3.05) is 56.3 Å². The van der Waals surface area contributed by atoms with Crippen LogP contribution in [0.15, 0.2) is 53.8 Å². The standard InChI is InChI=1S/C25H30N6O2S/c1-18(32)30-10-12-31(13-11-30)25-7-5-20(16-27-25)22-15-24(29-17-28-22)26-9-8-19-4-6-21(34-3)14-23(19)33-2/h4-7,14-17H,8-13H2,1-3H3,(H,26,28,29). The van der Waals surface area contributed by atoms with Crippen molar-refractivity contribution < 1.29 is 9.53 Å². The number of ether oxygens (including phenoxy) is 1. The van der Waals surface area contributed by atoms with Gasteiger partial charge in [-0.1, -0.05) is 6.07 Å². The number of rotatable bonds is 8. The van der Waals surface area contributed by atoms with Crippen molar-refractivity contribution in [3.8, 4) is 17.0 Å². The quantitative estimate of drug-likeness (QED) is 0.492. The number of hydrogen-bond acceptors (Lipinski definition) is 8. The third-order valence-corrected chi connectivity index (χ3v) is 6.68. The monoisotopic (exact) mass is 478 g/mol. The van der Waals surface area contributed by atoms with Gasteiger partial charge in [-0.05, 0) is 42.5 Å². The number of pyridine rings is 1. The van der Waals surface area contributed by atoms with Crippen LogP contribution in [0.4, 0.5) is 11.6 Å². The number of piperazine rings is 1. The van der Waals surface area contributed by atoms with Gasteiger partial charge in [-0.2, -0.15) is 0 Å². The Labute approximate surface area is 204 Å². The average Bonchev–Trinajstić information content (AvgIpc) is 2.89. The summed E-state index contributed by atoms with van der Waals surface area (Å²) in [4.78, 5) is 30.2. The molecule has 4 rings (SSSR count). The average molecular weight is 479 g/mol. The van der Waals surface area contributed by atoms with E-state index in [0.717, 1.165) is 73.4 Å². The Kier molecular flexibility index (Phi) is 7.84. The van der Waals surface area contributed by atoms with Gasteiger partial charge in [-0.15, -0.1) is 11.8 Å². The van der Waals surface area contributed by atoms with Gasteiger partial charge in [0.05, 0.1) is 12.8 Å². The molecule has 1 saturated heterocycles. The topological polar surface area (TPSA) is 83.5 Å². The number of thioether (sulfide) groups is 1. The van der Waals surface area contributed by atoms with Crippen LogP contribution in [0.5, 0.6) is 5.75 Å². The molecular weight excluding hydrogens is 448 g/mol. The molecule has 0 spiro atoms. The highest BCUT2D eigenvalue weighted by Gasteiger charge is 2.19. The summed E-state index contributed by atoms with van der Waals surface area (Å²) in [6.07, 6.45) is 6.30. The summed E-state index contributed by atoms with van der Waals surface area (Å²) in [5.41, 5.74) is 2.91. The second-order valence-electron chi connectivity index (χ2n) is 8.04. The van der Waals surface area contributed by atoms with Gasteiger partial charge in [-0.3, -0.25) is 4.79 Å². The molecular formula is C25H30N6O2S. The summed E-state index contributed by atoms with van der Waals surface area (Å²) in [6.45, 7) is 5.39. The zero-order chi connectivity index (χ0) is 23.9. The van der Waals surface area contributed by atoms with Crippen LogP contribution in [0.2, 0.25) is 0 Å². The maximum Gasteiger partial charge on any atom is 0.219 e. The van der Waals surface area contributed by atoms with Crippen LogP contribution < -0.4 is 15.0 Å². The van der Waals surface area contributed by atoms with Gasteiger partial charge in [0.1, 0.15) is 23.7 Å². The fourth-order valence-corrected chi connectivity index (χ4v) is 4.40. The summed E-state index contributed by atoms with van der Waals surface area (Å²) < 4.78 is 5.54. The van der Waals surface area contributed by atoms with Gasteiger partial charge < -0.3 is 19.9 Å². The molecule has 8 nitrogen and oxygen atoms in total. The van der Waals surface area contributed by atoms with Gasteiger partial charge in [0.15, 0.2) is 0 Å². The van der Waals surface area contributed by atoms with Crippen LogP contribution in [0, 0.1) is 0 Å². The number of nitrogens with one attached hydrogen (secondary N) is 1. The maximum absolute atomic E-state index is 11.5. The van der Waals surface area contributed by atoms with Crippen molar-refractivity contribution >= 4 is 29.3 Å². The minimum absolute atomic E-state index is 0.128. The first-order valence-electron chi connectivity index (χ1n) is 11.3. The Balaban J connectivity index is 1.36. The lowest BCUT2D eigenvalue weighted by Crippen LogP contribution is -2.48. The van der Waals surface area contributed by atoms with E-state index in [4.69, 9.17) is 4.74 Å². The summed E-state index contributed by atoms with van der Waals surface area (Å²) in [5.74, 6) is 2.73. The molecule has 0 radical (unpaired) electrons. The van der Waals surface area contributed by atoms with E-state index in [0.29, 0.717) is 0 Å². The van der Waals surface area contributed by atoms with Crippen molar-refractivity contribution in [1.82, 2.24) is 19.9 Å². The molecule has 2 aromatic heterocycles. The van der Waals surface area contributed by atoms with E-state index in [1.807, 2.05) is 29.3 Å². The smallest absolute Gasteiger partial charge is 0.219 e. The second-order valence-corrected chi connectivity index (χ2v) is 8.92. The number of methoxy groups -OCH3 is 1. The third kappa shape index (κ3) is 5.77. The Hall–Kier alpha value is -3.33. The molecule has 0 aliphatic carbocycles. The number of anilines is 2. The second kappa shape index (κ2) is 11.2. The van der Waals surface area contributed by atoms with Crippen LogP contribution in [0.3, 0.4) is 0 Å². The van der Waals surface area contributed by atoms with Crippen LogP contribution in [0.25, 0.3) is 11.3 Å². The first kappa shape index (κ1) is 23.8. The lowest BCUT2D eigenvalue weighted by atomic mass is 10.1. The highest BCUT2D eigenvalue weighted by Crippen LogP contribution is 2.26. The minimum Gasteiger partial charge on any atom is -0.496 e. The molecule has 3 aromatic rings. The predicted octanol–water partition coefficient (Wildman–Crippen LogP) is 3.59. The van der Waals surface area contributed by atoms with E-state index in [1.165, 1.54) is 4.90 Å². The normalized spacial score (nSPS) is 13.6. The Morgan fingerprint density at radius 1 is 1.09 bits per heavy atom. The van der Waals surface area contributed by atoms with E-state index in [1.54, 1.807) is 32.1 Å². The van der Waals surface area contributed by atoms with Crippen LogP contribution >= 0.6 is 11.8 Å². The van der Waals surface area contributed by atoms with Crippen LogP contribution in [-0.2, 0) is 11.2 Å². The highest BCUT2D eigenvalue weighted by molar-refractivity contribution is 7.98. The van der Waals surface area contributed by atoms with E-state index in [9.17, 15) is 4.79 Å². The number of hydrogen-bond donors (Lipinski definition) is 1. The molecule has 1 amide bonds. The van der Waals surface area contributed by atoms with Crippen molar-refractivity contribution in [3.05, 3.63) is 54.5 Å². The summed E-state index contributed by atoms with van der Waals surface area (Å²) in [5, 5.41) is 3.39. The summed E-state index contributed by atoms with van der Waals surface area (Å²) in [7, 11) is 1.71. The summed E-state index contributed by atoms with van der Waals surface area (Å²) >= 11 is 1.70. The number of aromatic nitrogens is 3. The van der Waals surface area contributed by atoms with Crippen LogP contribution in [-0.4, -0.2) is 71.8 Å². The Bertz CT molecular complexity index is 1120. The van der Waals surface area contributed by atoms with E-state index < -0.39 is 0 Å². The molecule has 0 atom stereocenters. The fourth-order valence-electron chi connectivity index (χ4n) is 3.97. The number of nitrogens with zero attached hydrogens (tertiary/aromatic N) is 5. The molecule has 0 unspecified atom stereocenters. The molecule has 1 N–H and O–H groups in total. The number of carbonyl (C=O) groups excluding carboxylic acids is 1. The van der Waals surface area contributed by atoms with E-state index >= 15 is 0 Å². The van der Waals surface area contributed by atoms with Crippen molar-refractivity contribution in [1.29, 1.82) is 0 Å². The van der Waals surface area contributed by atoms with E-state index in [2.05, 4.69) is 49.6 Å². The first-order chi connectivity index (χ1) is 16.6. The van der Waals surface area contributed by atoms with Gasteiger partial charge in [0, 0.05) is 62.4 Å². The maximum atomic E-state index is 11.5. The zero-order valence-electron chi connectivity index (χ0n) is 19.8. The van der Waals surface area contributed by atoms with E-state index in [-0.39, 0.29) is 5.91 Å². The number of amides is 1.